The van der Waals surface area contributed by atoms with Crippen molar-refractivity contribution < 1.29 is 25.5 Å². The quantitative estimate of drug-likeness (QED) is 0.500. The van der Waals surface area contributed by atoms with Crippen molar-refractivity contribution in [3.63, 3.8) is 0 Å². The number of halogens is 1. The predicted octanol–water partition coefficient (Wildman–Crippen LogP) is 0.690. The molecule has 0 amide bonds. The standard InChI is InChI=1S/C17H26N6O2S2.ClH/c1-11(2)23(12(3)4)17-20-22(6)16(26-17)19-18-14-9-8-13(5)10-15(14)21-27(7,24)25;/h8-12H,1-7H3;1H. The average molecular weight is 447 g/mol. The highest BCUT2D eigenvalue weighted by Crippen LogP contribution is 2.31. The van der Waals surface area contributed by atoms with Gasteiger partial charge >= 0.3 is 5.13 Å². The molecule has 0 unspecified atom stereocenters. The van der Waals surface area contributed by atoms with Gasteiger partial charge in [-0.25, -0.2) is 8.42 Å². The predicted molar refractivity (Wildman–Crippen MR) is 110 cm³/mol. The van der Waals surface area contributed by atoms with Gasteiger partial charge in [0.25, 0.3) is 0 Å². The van der Waals surface area contributed by atoms with Crippen molar-refractivity contribution in [3.8, 4) is 0 Å². The summed E-state index contributed by atoms with van der Waals surface area (Å²) in [4.78, 5) is 2.21. The van der Waals surface area contributed by atoms with Crippen LogP contribution < -0.4 is 26.7 Å². The summed E-state index contributed by atoms with van der Waals surface area (Å²) in [6, 6.07) is 5.95. The lowest BCUT2D eigenvalue weighted by Crippen LogP contribution is -3.00. The molecule has 1 aromatic carbocycles. The maximum Gasteiger partial charge on any atom is 0.431 e. The minimum absolute atomic E-state index is 0. The molecular formula is C17H27ClN6O2S2. The second-order valence-electron chi connectivity index (χ2n) is 6.98. The largest absolute Gasteiger partial charge is 1.00 e. The van der Waals surface area contributed by atoms with Gasteiger partial charge in [0.05, 0.1) is 17.1 Å². The molecule has 0 aliphatic heterocycles. The molecule has 0 aliphatic carbocycles. The van der Waals surface area contributed by atoms with Crippen LogP contribution in [0.4, 0.5) is 21.6 Å². The molecule has 28 heavy (non-hydrogen) atoms. The highest BCUT2D eigenvalue weighted by molar-refractivity contribution is 7.92. The zero-order valence-electron chi connectivity index (χ0n) is 17.1. The van der Waals surface area contributed by atoms with Crippen molar-refractivity contribution in [2.24, 2.45) is 17.3 Å². The van der Waals surface area contributed by atoms with Gasteiger partial charge in [0, 0.05) is 12.1 Å². The molecule has 0 radical (unpaired) electrons. The number of benzene rings is 1. The number of azo groups is 1. The molecule has 0 saturated heterocycles. The van der Waals surface area contributed by atoms with E-state index in [2.05, 4.69) is 52.6 Å². The van der Waals surface area contributed by atoms with Gasteiger partial charge in [-0.1, -0.05) is 11.2 Å². The van der Waals surface area contributed by atoms with Crippen LogP contribution in [0.2, 0.25) is 0 Å². The molecule has 2 aromatic rings. The maximum absolute atomic E-state index is 11.6. The minimum atomic E-state index is -3.41. The monoisotopic (exact) mass is 446 g/mol. The molecule has 8 nitrogen and oxygen atoms in total. The number of anilines is 2. The Morgan fingerprint density at radius 1 is 1.18 bits per heavy atom. The van der Waals surface area contributed by atoms with E-state index in [9.17, 15) is 8.42 Å². The van der Waals surface area contributed by atoms with E-state index in [4.69, 9.17) is 0 Å². The van der Waals surface area contributed by atoms with E-state index >= 15 is 0 Å². The van der Waals surface area contributed by atoms with Gasteiger partial charge in [0.1, 0.15) is 12.7 Å². The van der Waals surface area contributed by atoms with Crippen molar-refractivity contribution in [1.82, 2.24) is 5.10 Å². The van der Waals surface area contributed by atoms with Crippen LogP contribution in [0.1, 0.15) is 33.3 Å². The molecule has 2 rings (SSSR count). The van der Waals surface area contributed by atoms with E-state index in [0.717, 1.165) is 17.0 Å². The van der Waals surface area contributed by atoms with Gasteiger partial charge in [-0.15, -0.1) is 4.68 Å². The first-order valence-corrected chi connectivity index (χ1v) is 11.3. The molecule has 0 aliphatic rings. The Kier molecular flexibility index (Phi) is 8.33. The Hall–Kier alpha value is -1.78. The zero-order valence-corrected chi connectivity index (χ0v) is 19.5. The van der Waals surface area contributed by atoms with Gasteiger partial charge in [0.15, 0.2) is 0 Å². The fraction of sp³-hybridized carbons (Fsp3) is 0.529. The fourth-order valence-corrected chi connectivity index (χ4v) is 4.35. The number of aromatic nitrogens is 2. The van der Waals surface area contributed by atoms with Crippen LogP contribution in [0.3, 0.4) is 0 Å². The molecule has 0 fully saturated rings. The molecule has 1 aromatic heterocycles. The SMILES string of the molecule is Cc1ccc(N=Nc2sc(N(C(C)C)C(C)C)n[n+]2C)c(NS(C)(=O)=O)c1.[Cl-]. The van der Waals surface area contributed by atoms with E-state index in [1.165, 1.54) is 11.3 Å². The minimum Gasteiger partial charge on any atom is -1.00 e. The van der Waals surface area contributed by atoms with Crippen LogP contribution in [-0.2, 0) is 17.1 Å². The first kappa shape index (κ1) is 24.3. The lowest BCUT2D eigenvalue weighted by atomic mass is 10.2. The number of nitrogens with zero attached hydrogens (tertiary/aromatic N) is 5. The van der Waals surface area contributed by atoms with Gasteiger partial charge in [0.2, 0.25) is 15.2 Å². The van der Waals surface area contributed by atoms with Gasteiger partial charge in [-0.2, -0.15) is 0 Å². The summed E-state index contributed by atoms with van der Waals surface area (Å²) in [6.07, 6.45) is 1.11. The Bertz CT molecular complexity index is 933. The summed E-state index contributed by atoms with van der Waals surface area (Å²) in [7, 11) is -1.59. The summed E-state index contributed by atoms with van der Waals surface area (Å²) in [6.45, 7) is 10.4. The number of hydrogen-bond acceptors (Lipinski definition) is 7. The van der Waals surface area contributed by atoms with E-state index in [1.54, 1.807) is 16.8 Å². The van der Waals surface area contributed by atoms with Crippen molar-refractivity contribution in [1.29, 1.82) is 0 Å². The maximum atomic E-state index is 11.6. The Labute approximate surface area is 177 Å². The normalized spacial score (nSPS) is 11.9. The van der Waals surface area contributed by atoms with E-state index < -0.39 is 10.0 Å². The number of nitrogens with one attached hydrogen (secondary N) is 1. The molecule has 0 saturated carbocycles. The zero-order chi connectivity index (χ0) is 20.4. The van der Waals surface area contributed by atoms with Gasteiger partial charge in [-0.05, 0) is 68.8 Å². The highest BCUT2D eigenvalue weighted by Gasteiger charge is 2.24. The molecule has 1 heterocycles. The molecule has 11 heteroatoms. The van der Waals surface area contributed by atoms with Gasteiger partial charge < -0.3 is 17.3 Å². The summed E-state index contributed by atoms with van der Waals surface area (Å²) in [5, 5.41) is 14.6. The van der Waals surface area contributed by atoms with Crippen LogP contribution >= 0.6 is 11.3 Å². The smallest absolute Gasteiger partial charge is 0.431 e. The van der Waals surface area contributed by atoms with Gasteiger partial charge in [-0.3, -0.25) is 4.72 Å². The lowest BCUT2D eigenvalue weighted by molar-refractivity contribution is -0.712. The van der Waals surface area contributed by atoms with Crippen LogP contribution in [-0.4, -0.2) is 31.9 Å². The van der Waals surface area contributed by atoms with Crippen LogP contribution in [0, 0.1) is 6.92 Å². The van der Waals surface area contributed by atoms with Crippen molar-refractivity contribution in [2.75, 3.05) is 15.9 Å². The summed E-state index contributed by atoms with van der Waals surface area (Å²) in [5.74, 6) is 0. The van der Waals surface area contributed by atoms with E-state index in [-0.39, 0.29) is 12.4 Å². The second-order valence-corrected chi connectivity index (χ2v) is 9.66. The molecular weight excluding hydrogens is 420 g/mol. The lowest BCUT2D eigenvalue weighted by Gasteiger charge is -2.28. The third kappa shape index (κ3) is 6.39. The molecule has 0 bridgehead atoms. The number of hydrogen-bond donors (Lipinski definition) is 1. The third-order valence-corrected chi connectivity index (χ3v) is 5.31. The topological polar surface area (TPSA) is 90.9 Å². The van der Waals surface area contributed by atoms with Crippen molar-refractivity contribution in [2.45, 2.75) is 46.7 Å². The third-order valence-electron chi connectivity index (χ3n) is 3.72. The van der Waals surface area contributed by atoms with E-state index in [1.807, 2.05) is 20.0 Å². The van der Waals surface area contributed by atoms with Crippen molar-refractivity contribution in [3.05, 3.63) is 23.8 Å². The Morgan fingerprint density at radius 2 is 1.79 bits per heavy atom. The molecule has 0 spiro atoms. The highest BCUT2D eigenvalue weighted by atomic mass is 35.5. The second kappa shape index (κ2) is 9.62. The Morgan fingerprint density at radius 3 is 2.32 bits per heavy atom. The van der Waals surface area contributed by atoms with Crippen LogP contribution in [0.25, 0.3) is 0 Å². The number of rotatable bonds is 7. The number of aryl methyl sites for hydroxylation is 2. The average Bonchev–Trinajstić information content (AvgIpc) is 2.84. The van der Waals surface area contributed by atoms with Crippen LogP contribution in [0.5, 0.6) is 0 Å². The summed E-state index contributed by atoms with van der Waals surface area (Å²) >= 11 is 1.44. The molecule has 0 atom stereocenters. The number of sulfonamides is 1. The fourth-order valence-electron chi connectivity index (χ4n) is 2.68. The summed E-state index contributed by atoms with van der Waals surface area (Å²) in [5.41, 5.74) is 1.78. The van der Waals surface area contributed by atoms with E-state index in [0.29, 0.717) is 28.6 Å². The first-order valence-electron chi connectivity index (χ1n) is 8.63. The molecule has 1 N–H and O–H groups in total. The first-order chi connectivity index (χ1) is 12.5. The van der Waals surface area contributed by atoms with Crippen molar-refractivity contribution >= 4 is 43.0 Å². The Balaban J connectivity index is 0.00000392. The molecule has 156 valence electrons. The summed E-state index contributed by atoms with van der Waals surface area (Å²) < 4.78 is 27.4. The van der Waals surface area contributed by atoms with Crippen LogP contribution in [0.15, 0.2) is 28.4 Å².